The zero-order valence-electron chi connectivity index (χ0n) is 7.84. The van der Waals surface area contributed by atoms with E-state index >= 15 is 0 Å². The molecule has 0 N–H and O–H groups in total. The third kappa shape index (κ3) is 2.17. The van der Waals surface area contributed by atoms with Crippen LogP contribution in [0.25, 0.3) is 0 Å². The molecule has 0 amide bonds. The highest BCUT2D eigenvalue weighted by Gasteiger charge is 2.27. The Balaban J connectivity index is 2.32. The molecule has 0 radical (unpaired) electrons. The van der Waals surface area contributed by atoms with Crippen molar-refractivity contribution in [3.8, 4) is 0 Å². The molecule has 2 nitrogen and oxygen atoms in total. The van der Waals surface area contributed by atoms with Crippen molar-refractivity contribution in [2.75, 3.05) is 27.3 Å². The van der Waals surface area contributed by atoms with E-state index in [1.165, 1.54) is 19.4 Å². The maximum absolute atomic E-state index is 5.15. The Morgan fingerprint density at radius 1 is 1.55 bits per heavy atom. The first kappa shape index (κ1) is 9.01. The van der Waals surface area contributed by atoms with E-state index in [0.29, 0.717) is 6.04 Å². The van der Waals surface area contributed by atoms with Gasteiger partial charge in [-0.05, 0) is 19.4 Å². The molecule has 1 aliphatic rings. The topological polar surface area (TPSA) is 12.5 Å². The van der Waals surface area contributed by atoms with Gasteiger partial charge in [0.15, 0.2) is 0 Å². The molecule has 1 saturated heterocycles. The second-order valence-corrected chi connectivity index (χ2v) is 3.56. The molecule has 2 heteroatoms. The SMILES string of the molecule is CC[C@@H]1C[C@@H](COC)N(C)C1. The molecule has 0 aromatic heterocycles. The maximum atomic E-state index is 5.15. The van der Waals surface area contributed by atoms with Crippen molar-refractivity contribution in [1.82, 2.24) is 4.90 Å². The lowest BCUT2D eigenvalue weighted by Gasteiger charge is -2.17. The van der Waals surface area contributed by atoms with Gasteiger partial charge in [0.25, 0.3) is 0 Å². The highest BCUT2D eigenvalue weighted by Crippen LogP contribution is 2.23. The van der Waals surface area contributed by atoms with E-state index in [2.05, 4.69) is 18.9 Å². The van der Waals surface area contributed by atoms with Crippen molar-refractivity contribution in [3.63, 3.8) is 0 Å². The van der Waals surface area contributed by atoms with E-state index in [1.54, 1.807) is 7.11 Å². The number of methoxy groups -OCH3 is 1. The molecule has 0 aromatic carbocycles. The summed E-state index contributed by atoms with van der Waals surface area (Å²) < 4.78 is 5.15. The quantitative estimate of drug-likeness (QED) is 0.613. The minimum Gasteiger partial charge on any atom is -0.383 e. The summed E-state index contributed by atoms with van der Waals surface area (Å²) in [6.07, 6.45) is 2.63. The van der Waals surface area contributed by atoms with Crippen molar-refractivity contribution in [1.29, 1.82) is 0 Å². The van der Waals surface area contributed by atoms with Crippen molar-refractivity contribution < 1.29 is 4.74 Å². The minimum atomic E-state index is 0.671. The molecule has 0 spiro atoms. The normalized spacial score (nSPS) is 33.0. The maximum Gasteiger partial charge on any atom is 0.0618 e. The number of rotatable bonds is 3. The van der Waals surface area contributed by atoms with Crippen LogP contribution in [-0.2, 0) is 4.74 Å². The van der Waals surface area contributed by atoms with E-state index in [1.807, 2.05) is 0 Å². The lowest BCUT2D eigenvalue weighted by molar-refractivity contribution is 0.129. The summed E-state index contributed by atoms with van der Waals surface area (Å²) in [6.45, 7) is 4.42. The third-order valence-corrected chi connectivity index (χ3v) is 2.71. The molecule has 0 unspecified atom stereocenters. The first-order valence-corrected chi connectivity index (χ1v) is 4.47. The van der Waals surface area contributed by atoms with Gasteiger partial charge in [0, 0.05) is 19.7 Å². The van der Waals surface area contributed by atoms with Crippen LogP contribution in [-0.4, -0.2) is 38.3 Å². The Morgan fingerprint density at radius 2 is 2.27 bits per heavy atom. The Kier molecular flexibility index (Phi) is 3.34. The lowest BCUT2D eigenvalue weighted by Crippen LogP contribution is -2.28. The fraction of sp³-hybridized carbons (Fsp3) is 1.00. The summed E-state index contributed by atoms with van der Waals surface area (Å²) in [4.78, 5) is 2.41. The van der Waals surface area contributed by atoms with Gasteiger partial charge in [-0.3, -0.25) is 0 Å². The summed E-state index contributed by atoms with van der Waals surface area (Å²) in [5.41, 5.74) is 0. The van der Waals surface area contributed by atoms with Gasteiger partial charge < -0.3 is 9.64 Å². The van der Waals surface area contributed by atoms with Crippen LogP contribution in [0.5, 0.6) is 0 Å². The molecule has 1 fully saturated rings. The van der Waals surface area contributed by atoms with Gasteiger partial charge in [0.05, 0.1) is 6.61 Å². The number of nitrogens with zero attached hydrogens (tertiary/aromatic N) is 1. The second-order valence-electron chi connectivity index (χ2n) is 3.56. The highest BCUT2D eigenvalue weighted by molar-refractivity contribution is 4.81. The molecule has 66 valence electrons. The second kappa shape index (κ2) is 4.07. The minimum absolute atomic E-state index is 0.671. The third-order valence-electron chi connectivity index (χ3n) is 2.71. The summed E-state index contributed by atoms with van der Waals surface area (Å²) in [7, 11) is 3.98. The van der Waals surface area contributed by atoms with E-state index in [0.717, 1.165) is 12.5 Å². The number of hydrogen-bond donors (Lipinski definition) is 0. The largest absolute Gasteiger partial charge is 0.383 e. The van der Waals surface area contributed by atoms with Gasteiger partial charge >= 0.3 is 0 Å². The van der Waals surface area contributed by atoms with Crippen molar-refractivity contribution in [2.45, 2.75) is 25.8 Å². The lowest BCUT2D eigenvalue weighted by atomic mass is 10.0. The first-order valence-electron chi connectivity index (χ1n) is 4.47. The zero-order valence-corrected chi connectivity index (χ0v) is 7.84. The first-order chi connectivity index (χ1) is 5.27. The van der Waals surface area contributed by atoms with Gasteiger partial charge in [0.1, 0.15) is 0 Å². The average Bonchev–Trinajstić information content (AvgIpc) is 2.33. The summed E-state index contributed by atoms with van der Waals surface area (Å²) in [6, 6.07) is 0.671. The number of hydrogen-bond acceptors (Lipinski definition) is 2. The Hall–Kier alpha value is -0.0800. The number of likely N-dealkylation sites (tertiary alicyclic amines) is 1. The molecule has 0 aromatic rings. The molecule has 0 saturated carbocycles. The van der Waals surface area contributed by atoms with E-state index in [-0.39, 0.29) is 0 Å². The standard InChI is InChI=1S/C9H19NO/c1-4-8-5-9(7-11-3)10(2)6-8/h8-9H,4-7H2,1-3H3/t8-,9+/m1/s1. The molecule has 1 aliphatic heterocycles. The van der Waals surface area contributed by atoms with Crippen molar-refractivity contribution >= 4 is 0 Å². The molecule has 2 atom stereocenters. The Morgan fingerprint density at radius 3 is 2.73 bits per heavy atom. The van der Waals surface area contributed by atoms with Crippen LogP contribution in [0.1, 0.15) is 19.8 Å². The molecule has 1 rings (SSSR count). The van der Waals surface area contributed by atoms with Crippen LogP contribution >= 0.6 is 0 Å². The Labute approximate surface area is 69.5 Å². The van der Waals surface area contributed by atoms with Crippen LogP contribution in [0.2, 0.25) is 0 Å². The fourth-order valence-corrected chi connectivity index (χ4v) is 1.88. The number of likely N-dealkylation sites (N-methyl/N-ethyl adjacent to an activating group) is 1. The molecule has 11 heavy (non-hydrogen) atoms. The van der Waals surface area contributed by atoms with E-state index in [4.69, 9.17) is 4.74 Å². The Bertz CT molecular complexity index is 116. The van der Waals surface area contributed by atoms with Gasteiger partial charge in [-0.25, -0.2) is 0 Å². The molecule has 1 heterocycles. The van der Waals surface area contributed by atoms with Gasteiger partial charge in [-0.2, -0.15) is 0 Å². The predicted molar refractivity (Wildman–Crippen MR) is 46.7 cm³/mol. The van der Waals surface area contributed by atoms with E-state index < -0.39 is 0 Å². The predicted octanol–water partition coefficient (Wildman–Crippen LogP) is 1.36. The average molecular weight is 157 g/mol. The smallest absolute Gasteiger partial charge is 0.0618 e. The van der Waals surface area contributed by atoms with Gasteiger partial charge in [0.2, 0.25) is 0 Å². The summed E-state index contributed by atoms with van der Waals surface area (Å²) in [5.74, 6) is 0.903. The molecular weight excluding hydrogens is 138 g/mol. The molecular formula is C9H19NO. The van der Waals surface area contributed by atoms with Crippen molar-refractivity contribution in [3.05, 3.63) is 0 Å². The fourth-order valence-electron chi connectivity index (χ4n) is 1.88. The summed E-state index contributed by atoms with van der Waals surface area (Å²) in [5, 5.41) is 0. The van der Waals surface area contributed by atoms with E-state index in [9.17, 15) is 0 Å². The number of ether oxygens (including phenoxy) is 1. The van der Waals surface area contributed by atoms with Crippen LogP contribution in [0.15, 0.2) is 0 Å². The van der Waals surface area contributed by atoms with Crippen LogP contribution in [0.3, 0.4) is 0 Å². The van der Waals surface area contributed by atoms with Crippen LogP contribution < -0.4 is 0 Å². The van der Waals surface area contributed by atoms with Crippen molar-refractivity contribution in [2.24, 2.45) is 5.92 Å². The van der Waals surface area contributed by atoms with Gasteiger partial charge in [-0.1, -0.05) is 13.3 Å². The zero-order chi connectivity index (χ0) is 8.27. The monoisotopic (exact) mass is 157 g/mol. The summed E-state index contributed by atoms with van der Waals surface area (Å²) >= 11 is 0. The van der Waals surface area contributed by atoms with Gasteiger partial charge in [-0.15, -0.1) is 0 Å². The van der Waals surface area contributed by atoms with Crippen LogP contribution in [0, 0.1) is 5.92 Å². The molecule has 0 aliphatic carbocycles. The highest BCUT2D eigenvalue weighted by atomic mass is 16.5. The van der Waals surface area contributed by atoms with Crippen LogP contribution in [0.4, 0.5) is 0 Å². The molecule has 0 bridgehead atoms.